The molecule has 7 nitrogen and oxygen atoms in total. The van der Waals surface area contributed by atoms with E-state index in [9.17, 15) is 0 Å². The van der Waals surface area contributed by atoms with Gasteiger partial charge in [0.25, 0.3) is 0 Å². The Hall–Kier alpha value is -1.66. The molecule has 330 valence electrons. The van der Waals surface area contributed by atoms with E-state index in [1.165, 1.54) is 20.7 Å². The van der Waals surface area contributed by atoms with Crippen molar-refractivity contribution in [1.82, 2.24) is 0 Å². The van der Waals surface area contributed by atoms with Gasteiger partial charge in [-0.05, 0) is 48.5 Å². The lowest BCUT2D eigenvalue weighted by atomic mass is 10.4. The average molecular weight is 954 g/mol. The van der Waals surface area contributed by atoms with Gasteiger partial charge in [-0.1, -0.05) is 188 Å². The third kappa shape index (κ3) is 8.17. The van der Waals surface area contributed by atoms with Gasteiger partial charge in [0.05, 0.1) is 0 Å². The lowest BCUT2D eigenvalue weighted by Gasteiger charge is -2.67. The van der Waals surface area contributed by atoms with Gasteiger partial charge in [-0.25, -0.2) is 0 Å². The van der Waals surface area contributed by atoms with E-state index in [0.717, 1.165) is 0 Å². The van der Waals surface area contributed by atoms with E-state index in [4.69, 9.17) is 31.0 Å². The van der Waals surface area contributed by atoms with Crippen LogP contribution in [0.4, 0.5) is 0 Å². The van der Waals surface area contributed by atoms with Gasteiger partial charge in [0.15, 0.2) is 7.11 Å². The molecule has 0 aliphatic rings. The molecule has 4 rings (SSSR count). The molecule has 0 fully saturated rings. The highest BCUT2D eigenvalue weighted by Crippen LogP contribution is 2.48. The average Bonchev–Trinajstić information content (AvgIpc) is 3.23. The van der Waals surface area contributed by atoms with Crippen LogP contribution in [0.5, 0.6) is 0 Å². The van der Waals surface area contributed by atoms with Crippen LogP contribution in [0.3, 0.4) is 0 Å². The SMILES string of the molecule is CCO[Si](OCC)(OCC)[Si](OCC)(OCC)[Si](OCC)(OCC)[Si](c1ccccc1)(c1ccccc1)[Si](c1ccccc1)(c1ccccc1)[Si](C)(C)[Si](C)(C)[Si](C)(C)C. The molecule has 0 atom stereocenters. The van der Waals surface area contributed by atoms with Gasteiger partial charge in [-0.15, -0.1) is 0 Å². The Kier molecular flexibility index (Phi) is 18.1. The lowest BCUT2D eigenvalue weighted by molar-refractivity contribution is 0.0632. The Balaban J connectivity index is 2.74. The van der Waals surface area contributed by atoms with Gasteiger partial charge >= 0.3 is 23.5 Å². The van der Waals surface area contributed by atoms with Crippen molar-refractivity contribution in [2.45, 2.75) is 94.3 Å². The topological polar surface area (TPSA) is 64.6 Å². The normalized spacial score (nSPS) is 13.8. The van der Waals surface area contributed by atoms with Crippen molar-refractivity contribution in [3.05, 3.63) is 121 Å². The van der Waals surface area contributed by atoms with Crippen LogP contribution >= 0.6 is 0 Å². The molecular formula is C45H76O7Si8. The Bertz CT molecular complexity index is 1760. The fraction of sp³-hybridized carbons (Fsp3) is 0.467. The van der Waals surface area contributed by atoms with E-state index in [1.807, 2.05) is 20.8 Å². The molecule has 0 unspecified atom stereocenters. The quantitative estimate of drug-likeness (QED) is 0.0627. The van der Waals surface area contributed by atoms with Crippen molar-refractivity contribution in [3.63, 3.8) is 0 Å². The number of hydrogen-bond acceptors (Lipinski definition) is 7. The van der Waals surface area contributed by atoms with Crippen molar-refractivity contribution in [1.29, 1.82) is 0 Å². The highest BCUT2D eigenvalue weighted by atomic mass is 30.1. The maximum Gasteiger partial charge on any atom is 0.540 e. The third-order valence-corrected chi connectivity index (χ3v) is 145. The molecular weight excluding hydrogens is 877 g/mol. The van der Waals surface area contributed by atoms with Crippen molar-refractivity contribution >= 4 is 80.3 Å². The molecule has 0 heterocycles. The van der Waals surface area contributed by atoms with Gasteiger partial charge in [0, 0.05) is 68.1 Å². The van der Waals surface area contributed by atoms with Gasteiger partial charge in [-0.3, -0.25) is 0 Å². The van der Waals surface area contributed by atoms with Crippen LogP contribution in [0.1, 0.15) is 48.5 Å². The molecule has 0 spiro atoms. The minimum Gasteiger partial charge on any atom is -0.396 e. The molecule has 4 aromatic carbocycles. The van der Waals surface area contributed by atoms with Crippen molar-refractivity contribution in [3.8, 4) is 0 Å². The van der Waals surface area contributed by atoms with Crippen LogP contribution in [0.25, 0.3) is 0 Å². The van der Waals surface area contributed by atoms with Crippen LogP contribution in [0.15, 0.2) is 121 Å². The summed E-state index contributed by atoms with van der Waals surface area (Å²) in [6.45, 7) is 36.2. The highest BCUT2D eigenvalue weighted by Gasteiger charge is 2.93. The monoisotopic (exact) mass is 952 g/mol. The van der Waals surface area contributed by atoms with Crippen molar-refractivity contribution in [2.75, 3.05) is 46.2 Å². The Morgan fingerprint density at radius 2 is 0.550 bits per heavy atom. The van der Waals surface area contributed by atoms with Crippen molar-refractivity contribution in [2.24, 2.45) is 0 Å². The van der Waals surface area contributed by atoms with E-state index < -0.39 is 59.5 Å². The van der Waals surface area contributed by atoms with Crippen LogP contribution in [0.2, 0.25) is 45.8 Å². The summed E-state index contributed by atoms with van der Waals surface area (Å²) in [5.41, 5.74) is 0. The number of benzene rings is 4. The third-order valence-electron chi connectivity index (χ3n) is 13.5. The molecule has 0 saturated heterocycles. The van der Waals surface area contributed by atoms with Crippen LogP contribution < -0.4 is 20.7 Å². The minimum atomic E-state index is -4.22. The zero-order valence-corrected chi connectivity index (χ0v) is 47.4. The zero-order chi connectivity index (χ0) is 44.4. The molecule has 0 aliphatic heterocycles. The number of hydrogen-bond donors (Lipinski definition) is 0. The molecule has 60 heavy (non-hydrogen) atoms. The molecule has 0 radical (unpaired) electrons. The Morgan fingerprint density at radius 3 is 0.800 bits per heavy atom. The van der Waals surface area contributed by atoms with Crippen LogP contribution in [0, 0.1) is 0 Å². The van der Waals surface area contributed by atoms with Gasteiger partial charge < -0.3 is 31.0 Å². The second-order valence-electron chi connectivity index (χ2n) is 17.3. The molecule has 15 heteroatoms. The predicted octanol–water partition coefficient (Wildman–Crippen LogP) is 7.90. The molecule has 0 saturated carbocycles. The fourth-order valence-corrected chi connectivity index (χ4v) is 207. The molecule has 0 aliphatic carbocycles. The van der Waals surface area contributed by atoms with Gasteiger partial charge in [-0.2, -0.15) is 0 Å². The van der Waals surface area contributed by atoms with E-state index in [2.05, 4.69) is 195 Å². The molecule has 0 amide bonds. The number of rotatable bonds is 25. The van der Waals surface area contributed by atoms with Crippen LogP contribution in [-0.2, 0) is 31.0 Å². The summed E-state index contributed by atoms with van der Waals surface area (Å²) in [5.74, 6) is 0. The molecule has 0 bridgehead atoms. The van der Waals surface area contributed by atoms with E-state index in [1.54, 1.807) is 0 Å². The summed E-state index contributed by atoms with van der Waals surface area (Å²) < 4.78 is 53.5. The Morgan fingerprint density at radius 1 is 0.300 bits per heavy atom. The first-order chi connectivity index (χ1) is 28.6. The summed E-state index contributed by atoms with van der Waals surface area (Å²) in [6.07, 6.45) is 0. The second kappa shape index (κ2) is 21.3. The molecule has 0 aromatic heterocycles. The maximum atomic E-state index is 8.17. The van der Waals surface area contributed by atoms with Gasteiger partial charge in [0.1, 0.15) is 7.11 Å². The lowest BCUT2D eigenvalue weighted by Crippen LogP contribution is -3.09. The summed E-state index contributed by atoms with van der Waals surface area (Å²) in [7, 11) is -26.3. The Labute approximate surface area is 370 Å². The summed E-state index contributed by atoms with van der Waals surface area (Å²) in [4.78, 5) is 0. The van der Waals surface area contributed by atoms with Gasteiger partial charge in [0.2, 0.25) is 0 Å². The fourth-order valence-electron chi connectivity index (χ4n) is 10.3. The van der Waals surface area contributed by atoms with E-state index in [-0.39, 0.29) is 0 Å². The van der Waals surface area contributed by atoms with Crippen molar-refractivity contribution < 1.29 is 31.0 Å². The second-order valence-corrected chi connectivity index (χ2v) is 86.4. The summed E-state index contributed by atoms with van der Waals surface area (Å²) >= 11 is 0. The first-order valence-electron chi connectivity index (χ1n) is 22.3. The van der Waals surface area contributed by atoms with Crippen LogP contribution in [-0.4, -0.2) is 106 Å². The minimum absolute atomic E-state index is 0.359. The zero-order valence-electron chi connectivity index (χ0n) is 39.4. The molecule has 0 N–H and O–H groups in total. The van der Waals surface area contributed by atoms with E-state index >= 15 is 0 Å². The standard InChI is InChI=1S/C45H76O7Si8/c1-15-46-58(47-16-2,48-17-3)60(51-20-6,52-21-7)59(49-18-4,50-19-5)57(44-38-30-24-31-39-44,45-40-32-25-33-41-45)56(42-34-26-22-27-35-42,43-36-28-23-29-37-43)55(13,14)54(11,12)53(8,9)10/h22-41H,15-21H2,1-14H3. The maximum absolute atomic E-state index is 8.17. The largest absolute Gasteiger partial charge is 0.540 e. The first-order valence-corrected chi connectivity index (χ1v) is 48.1. The summed E-state index contributed by atoms with van der Waals surface area (Å²) in [6, 6.07) is 46.4. The first kappa shape index (κ1) is 51.0. The smallest absolute Gasteiger partial charge is 0.396 e. The van der Waals surface area contributed by atoms with E-state index in [0.29, 0.717) is 46.2 Å². The molecule has 4 aromatic rings. The highest BCUT2D eigenvalue weighted by molar-refractivity contribution is 8.08. The summed E-state index contributed by atoms with van der Waals surface area (Å²) in [5, 5.41) is 5.48. The predicted molar refractivity (Wildman–Crippen MR) is 273 cm³/mol.